The predicted octanol–water partition coefficient (Wildman–Crippen LogP) is 4.53. The fourth-order valence-corrected chi connectivity index (χ4v) is 4.66. The monoisotopic (exact) mass is 486 g/mol. The molecule has 6 nitrogen and oxygen atoms in total. The molecule has 1 aliphatic rings. The Kier molecular flexibility index (Phi) is 7.71. The largest absolute Gasteiger partial charge is 0.379 e. The van der Waals surface area contributed by atoms with Gasteiger partial charge in [-0.15, -0.1) is 0 Å². The SMILES string of the molecule is Cc1nn(-c2ccc(Cl)cc2)c(C)c1CC(=O)NCC(c1ccccc1Cl)N1CCOCC1. The number of morpholine rings is 1. The third-order valence-corrected chi connectivity index (χ3v) is 6.69. The van der Waals surface area contributed by atoms with Gasteiger partial charge in [-0.3, -0.25) is 9.69 Å². The van der Waals surface area contributed by atoms with E-state index in [1.807, 2.05) is 67.1 Å². The van der Waals surface area contributed by atoms with Gasteiger partial charge in [-0.2, -0.15) is 5.10 Å². The Morgan fingerprint density at radius 1 is 1.09 bits per heavy atom. The second-order valence-corrected chi connectivity index (χ2v) is 9.05. The molecule has 174 valence electrons. The van der Waals surface area contributed by atoms with E-state index in [2.05, 4.69) is 15.3 Å². The molecule has 1 aliphatic heterocycles. The lowest BCUT2D eigenvalue weighted by Gasteiger charge is -2.35. The van der Waals surface area contributed by atoms with Gasteiger partial charge in [-0.25, -0.2) is 4.68 Å². The maximum Gasteiger partial charge on any atom is 0.224 e. The van der Waals surface area contributed by atoms with Gasteiger partial charge in [0.05, 0.1) is 37.1 Å². The van der Waals surface area contributed by atoms with Crippen LogP contribution in [0.25, 0.3) is 5.69 Å². The number of hydrogen-bond donors (Lipinski definition) is 1. The summed E-state index contributed by atoms with van der Waals surface area (Å²) in [6.07, 6.45) is 0.267. The highest BCUT2D eigenvalue weighted by Gasteiger charge is 2.25. The Hall–Kier alpha value is -2.38. The van der Waals surface area contributed by atoms with E-state index in [1.54, 1.807) is 0 Å². The lowest BCUT2D eigenvalue weighted by atomic mass is 10.0. The quantitative estimate of drug-likeness (QED) is 0.532. The van der Waals surface area contributed by atoms with Crippen LogP contribution in [-0.2, 0) is 16.0 Å². The molecule has 8 heteroatoms. The van der Waals surface area contributed by atoms with Gasteiger partial charge in [0.25, 0.3) is 0 Å². The van der Waals surface area contributed by atoms with E-state index in [9.17, 15) is 4.79 Å². The van der Waals surface area contributed by atoms with E-state index in [-0.39, 0.29) is 18.4 Å². The number of nitrogens with zero attached hydrogens (tertiary/aromatic N) is 3. The lowest BCUT2D eigenvalue weighted by molar-refractivity contribution is -0.120. The van der Waals surface area contributed by atoms with Crippen molar-refractivity contribution in [2.24, 2.45) is 0 Å². The van der Waals surface area contributed by atoms with Gasteiger partial charge < -0.3 is 10.1 Å². The number of amides is 1. The first kappa shape index (κ1) is 23.8. The molecule has 1 amide bonds. The standard InChI is InChI=1S/C25H28Cl2N4O2/c1-17-22(18(2)31(29-17)20-9-7-19(26)8-10-20)15-25(32)28-16-24(30-11-13-33-14-12-30)21-5-3-4-6-23(21)27/h3-10,24H,11-16H2,1-2H3,(H,28,32). The zero-order chi connectivity index (χ0) is 23.4. The third kappa shape index (κ3) is 5.58. The molecule has 1 fully saturated rings. The molecular weight excluding hydrogens is 459 g/mol. The molecule has 0 bridgehead atoms. The van der Waals surface area contributed by atoms with E-state index in [4.69, 9.17) is 27.9 Å². The topological polar surface area (TPSA) is 59.4 Å². The molecule has 0 aliphatic carbocycles. The Balaban J connectivity index is 1.47. The van der Waals surface area contributed by atoms with Crippen LogP contribution in [0.15, 0.2) is 48.5 Å². The highest BCUT2D eigenvalue weighted by molar-refractivity contribution is 6.31. The first-order valence-corrected chi connectivity index (χ1v) is 11.8. The summed E-state index contributed by atoms with van der Waals surface area (Å²) in [6, 6.07) is 15.3. The van der Waals surface area contributed by atoms with Crippen molar-refractivity contribution in [2.45, 2.75) is 26.3 Å². The van der Waals surface area contributed by atoms with Crippen molar-refractivity contribution in [1.29, 1.82) is 0 Å². The van der Waals surface area contributed by atoms with E-state index < -0.39 is 0 Å². The molecule has 3 aromatic rings. The maximum atomic E-state index is 13.0. The second-order valence-electron chi connectivity index (χ2n) is 8.20. The number of benzene rings is 2. The number of ether oxygens (including phenoxy) is 1. The van der Waals surface area contributed by atoms with Crippen molar-refractivity contribution in [2.75, 3.05) is 32.8 Å². The fraction of sp³-hybridized carbons (Fsp3) is 0.360. The molecule has 2 heterocycles. The number of rotatable bonds is 7. The number of carbonyl (C=O) groups is 1. The summed E-state index contributed by atoms with van der Waals surface area (Å²) in [5, 5.41) is 9.16. The Labute approximate surface area is 204 Å². The minimum atomic E-state index is -0.0397. The van der Waals surface area contributed by atoms with Crippen molar-refractivity contribution >= 4 is 29.1 Å². The smallest absolute Gasteiger partial charge is 0.224 e. The minimum Gasteiger partial charge on any atom is -0.379 e. The van der Waals surface area contributed by atoms with Crippen LogP contribution in [0, 0.1) is 13.8 Å². The van der Waals surface area contributed by atoms with Crippen LogP contribution >= 0.6 is 23.2 Å². The summed E-state index contributed by atoms with van der Waals surface area (Å²) in [6.45, 7) is 7.36. The fourth-order valence-electron chi connectivity index (χ4n) is 4.27. The summed E-state index contributed by atoms with van der Waals surface area (Å²) in [4.78, 5) is 15.3. The average molecular weight is 487 g/mol. The Morgan fingerprint density at radius 2 is 1.79 bits per heavy atom. The summed E-state index contributed by atoms with van der Waals surface area (Å²) in [5.41, 5.74) is 4.65. The molecule has 2 aromatic carbocycles. The molecule has 4 rings (SSSR count). The highest BCUT2D eigenvalue weighted by atomic mass is 35.5. The highest BCUT2D eigenvalue weighted by Crippen LogP contribution is 2.28. The van der Waals surface area contributed by atoms with Gasteiger partial charge in [0, 0.05) is 40.9 Å². The number of halogens is 2. The van der Waals surface area contributed by atoms with Crippen molar-refractivity contribution in [3.8, 4) is 5.69 Å². The molecule has 0 saturated carbocycles. The van der Waals surface area contributed by atoms with Crippen LogP contribution in [-0.4, -0.2) is 53.4 Å². The number of hydrogen-bond acceptors (Lipinski definition) is 4. The van der Waals surface area contributed by atoms with Crippen LogP contribution in [0.3, 0.4) is 0 Å². The molecule has 0 spiro atoms. The Bertz CT molecular complexity index is 1110. The zero-order valence-corrected chi connectivity index (χ0v) is 20.4. The molecular formula is C25H28Cl2N4O2. The predicted molar refractivity (Wildman–Crippen MR) is 131 cm³/mol. The minimum absolute atomic E-state index is 0.00876. The van der Waals surface area contributed by atoms with Crippen LogP contribution in [0.5, 0.6) is 0 Å². The average Bonchev–Trinajstić information content (AvgIpc) is 3.10. The molecule has 1 atom stereocenters. The zero-order valence-electron chi connectivity index (χ0n) is 18.9. The second kappa shape index (κ2) is 10.7. The number of aryl methyl sites for hydroxylation is 1. The summed E-state index contributed by atoms with van der Waals surface area (Å²) in [5.74, 6) is -0.0397. The molecule has 0 radical (unpaired) electrons. The maximum absolute atomic E-state index is 13.0. The van der Waals surface area contributed by atoms with Gasteiger partial charge in [0.2, 0.25) is 5.91 Å². The molecule has 1 N–H and O–H groups in total. The first-order valence-electron chi connectivity index (χ1n) is 11.1. The normalized spacial score (nSPS) is 15.4. The molecule has 1 unspecified atom stereocenters. The van der Waals surface area contributed by atoms with E-state index in [0.29, 0.717) is 29.8 Å². The van der Waals surface area contributed by atoms with Crippen molar-refractivity contribution in [1.82, 2.24) is 20.0 Å². The summed E-state index contributed by atoms with van der Waals surface area (Å²) < 4.78 is 7.37. The van der Waals surface area contributed by atoms with Crippen LogP contribution in [0.1, 0.15) is 28.6 Å². The summed E-state index contributed by atoms with van der Waals surface area (Å²) >= 11 is 12.5. The van der Waals surface area contributed by atoms with E-state index in [0.717, 1.165) is 41.3 Å². The molecule has 1 saturated heterocycles. The number of aromatic nitrogens is 2. The van der Waals surface area contributed by atoms with Gasteiger partial charge in [-0.1, -0.05) is 41.4 Å². The van der Waals surface area contributed by atoms with E-state index in [1.165, 1.54) is 0 Å². The van der Waals surface area contributed by atoms with Crippen LogP contribution in [0.4, 0.5) is 0 Å². The molecule has 33 heavy (non-hydrogen) atoms. The number of nitrogens with one attached hydrogen (secondary N) is 1. The van der Waals surface area contributed by atoms with Crippen molar-refractivity contribution in [3.63, 3.8) is 0 Å². The third-order valence-electron chi connectivity index (χ3n) is 6.09. The van der Waals surface area contributed by atoms with Crippen LogP contribution in [0.2, 0.25) is 10.0 Å². The summed E-state index contributed by atoms with van der Waals surface area (Å²) in [7, 11) is 0. The van der Waals surface area contributed by atoms with Crippen molar-refractivity contribution < 1.29 is 9.53 Å². The van der Waals surface area contributed by atoms with E-state index >= 15 is 0 Å². The molecule has 1 aromatic heterocycles. The Morgan fingerprint density at radius 3 is 2.48 bits per heavy atom. The van der Waals surface area contributed by atoms with Gasteiger partial charge in [0.15, 0.2) is 0 Å². The lowest BCUT2D eigenvalue weighted by Crippen LogP contribution is -2.44. The van der Waals surface area contributed by atoms with Gasteiger partial charge in [0.1, 0.15) is 0 Å². The van der Waals surface area contributed by atoms with Gasteiger partial charge >= 0.3 is 0 Å². The van der Waals surface area contributed by atoms with Crippen molar-refractivity contribution in [3.05, 3.63) is 81.1 Å². The van der Waals surface area contributed by atoms with Crippen LogP contribution < -0.4 is 5.32 Å². The van der Waals surface area contributed by atoms with Gasteiger partial charge in [-0.05, 0) is 49.7 Å². The first-order chi connectivity index (χ1) is 15.9. The number of carbonyl (C=O) groups excluding carboxylic acids is 1.